The lowest BCUT2D eigenvalue weighted by Crippen LogP contribution is -2.30. The average molecular weight is 458 g/mol. The van der Waals surface area contributed by atoms with Gasteiger partial charge in [0.2, 0.25) is 0 Å². The van der Waals surface area contributed by atoms with Gasteiger partial charge in [0, 0.05) is 18.7 Å². The first-order chi connectivity index (χ1) is 17.2. The fourth-order valence-corrected chi connectivity index (χ4v) is 4.58. The van der Waals surface area contributed by atoms with E-state index >= 15 is 0 Å². The van der Waals surface area contributed by atoms with Gasteiger partial charge in [-0.1, -0.05) is 115 Å². The molecule has 0 aromatic heterocycles. The van der Waals surface area contributed by atoms with E-state index in [1.54, 1.807) is 7.11 Å². The van der Waals surface area contributed by atoms with Crippen molar-refractivity contribution < 1.29 is 9.53 Å². The van der Waals surface area contributed by atoms with Gasteiger partial charge in [0.1, 0.15) is 5.75 Å². The summed E-state index contributed by atoms with van der Waals surface area (Å²) in [5.41, 5.74) is 4.68. The van der Waals surface area contributed by atoms with Gasteiger partial charge < -0.3 is 9.64 Å². The summed E-state index contributed by atoms with van der Waals surface area (Å²) in [5, 5.41) is 2.33. The van der Waals surface area contributed by atoms with Crippen molar-refractivity contribution in [3.05, 3.63) is 138 Å². The Morgan fingerprint density at radius 2 is 1.34 bits per heavy atom. The third-order valence-electron chi connectivity index (χ3n) is 6.28. The van der Waals surface area contributed by atoms with Gasteiger partial charge in [-0.05, 0) is 33.5 Å². The maximum absolute atomic E-state index is 14.1. The van der Waals surface area contributed by atoms with E-state index in [9.17, 15) is 4.79 Å². The normalized spacial score (nSPS) is 10.8. The number of para-hydroxylation sites is 1. The lowest BCUT2D eigenvalue weighted by atomic mass is 9.99. The van der Waals surface area contributed by atoms with Crippen molar-refractivity contribution in [1.82, 2.24) is 4.90 Å². The molecule has 0 bridgehead atoms. The smallest absolute Gasteiger partial charge is 0.258 e. The number of hydrogen-bond acceptors (Lipinski definition) is 2. The van der Waals surface area contributed by atoms with Crippen molar-refractivity contribution in [2.45, 2.75) is 13.1 Å². The first-order valence-electron chi connectivity index (χ1n) is 11.8. The van der Waals surface area contributed by atoms with Gasteiger partial charge >= 0.3 is 0 Å². The maximum atomic E-state index is 14.1. The number of fused-ring (bicyclic) bond motifs is 1. The molecule has 0 spiro atoms. The number of ether oxygens (including phenoxy) is 1. The summed E-state index contributed by atoms with van der Waals surface area (Å²) in [6.45, 7) is 0.995. The van der Waals surface area contributed by atoms with Crippen LogP contribution >= 0.6 is 0 Å². The van der Waals surface area contributed by atoms with Gasteiger partial charge in [0.15, 0.2) is 0 Å². The van der Waals surface area contributed by atoms with E-state index in [0.29, 0.717) is 24.4 Å². The summed E-state index contributed by atoms with van der Waals surface area (Å²) in [6.07, 6.45) is 0. The highest BCUT2D eigenvalue weighted by Gasteiger charge is 2.23. The molecule has 0 saturated carbocycles. The number of amides is 1. The molecular weight excluding hydrogens is 430 g/mol. The van der Waals surface area contributed by atoms with Crippen LogP contribution < -0.4 is 4.74 Å². The van der Waals surface area contributed by atoms with Crippen molar-refractivity contribution in [3.63, 3.8) is 0 Å². The summed E-state index contributed by atoms with van der Waals surface area (Å²) in [6, 6.07) is 40.5. The molecule has 0 heterocycles. The molecule has 0 fully saturated rings. The average Bonchev–Trinajstić information content (AvgIpc) is 2.93. The van der Waals surface area contributed by atoms with Gasteiger partial charge in [0.25, 0.3) is 5.91 Å². The molecule has 5 rings (SSSR count). The van der Waals surface area contributed by atoms with E-state index in [2.05, 4.69) is 42.5 Å². The Labute approximate surface area is 206 Å². The SMILES string of the molecule is COc1c(C(=O)N(Cc2ccccc2)Cc2cccc3ccccc23)cccc1-c1ccccc1. The number of hydrogen-bond donors (Lipinski definition) is 0. The van der Waals surface area contributed by atoms with Gasteiger partial charge in [-0.2, -0.15) is 0 Å². The van der Waals surface area contributed by atoms with Crippen LogP contribution in [0.1, 0.15) is 21.5 Å². The van der Waals surface area contributed by atoms with Crippen molar-refractivity contribution in [2.75, 3.05) is 7.11 Å². The zero-order chi connectivity index (χ0) is 24.0. The minimum Gasteiger partial charge on any atom is -0.495 e. The van der Waals surface area contributed by atoms with E-state index in [0.717, 1.165) is 27.6 Å². The van der Waals surface area contributed by atoms with Crippen LogP contribution in [0.4, 0.5) is 0 Å². The topological polar surface area (TPSA) is 29.5 Å². The maximum Gasteiger partial charge on any atom is 0.258 e. The van der Waals surface area contributed by atoms with Crippen LogP contribution in [0.5, 0.6) is 5.75 Å². The highest BCUT2D eigenvalue weighted by molar-refractivity contribution is 5.99. The molecule has 0 N–H and O–H groups in total. The summed E-state index contributed by atoms with van der Waals surface area (Å²) in [4.78, 5) is 16.0. The van der Waals surface area contributed by atoms with Gasteiger partial charge in [-0.25, -0.2) is 0 Å². The second-order valence-corrected chi connectivity index (χ2v) is 8.54. The van der Waals surface area contributed by atoms with Crippen molar-refractivity contribution in [3.8, 4) is 16.9 Å². The van der Waals surface area contributed by atoms with E-state index in [1.807, 2.05) is 83.8 Å². The third kappa shape index (κ3) is 4.80. The molecular formula is C32H27NO2. The highest BCUT2D eigenvalue weighted by Crippen LogP contribution is 2.34. The number of rotatable bonds is 7. The van der Waals surface area contributed by atoms with Crippen LogP contribution in [-0.2, 0) is 13.1 Å². The van der Waals surface area contributed by atoms with Crippen molar-refractivity contribution >= 4 is 16.7 Å². The molecule has 0 aliphatic carbocycles. The summed E-state index contributed by atoms with van der Waals surface area (Å²) in [5.74, 6) is 0.538. The molecule has 5 aromatic rings. The van der Waals surface area contributed by atoms with Crippen LogP contribution in [0.15, 0.2) is 121 Å². The molecule has 172 valence electrons. The molecule has 1 amide bonds. The molecule has 0 aliphatic rings. The lowest BCUT2D eigenvalue weighted by Gasteiger charge is -2.25. The standard InChI is InChI=1S/C32H27NO2/c1-35-31-29(26-14-6-3-7-15-26)20-11-21-30(31)32(34)33(22-24-12-4-2-5-13-24)23-27-18-10-17-25-16-8-9-19-28(25)27/h2-21H,22-23H2,1H3. The predicted octanol–water partition coefficient (Wildman–Crippen LogP) is 7.36. The summed E-state index contributed by atoms with van der Waals surface area (Å²) >= 11 is 0. The monoisotopic (exact) mass is 457 g/mol. The number of methoxy groups -OCH3 is 1. The van der Waals surface area contributed by atoms with E-state index in [1.165, 1.54) is 5.39 Å². The molecule has 0 radical (unpaired) electrons. The Kier molecular flexibility index (Phi) is 6.58. The van der Waals surface area contributed by atoms with E-state index < -0.39 is 0 Å². The molecule has 0 unspecified atom stereocenters. The minimum atomic E-state index is -0.0589. The zero-order valence-corrected chi connectivity index (χ0v) is 19.7. The van der Waals surface area contributed by atoms with Crippen LogP contribution in [0.2, 0.25) is 0 Å². The van der Waals surface area contributed by atoms with Crippen LogP contribution in [0.3, 0.4) is 0 Å². The fourth-order valence-electron chi connectivity index (χ4n) is 4.58. The first kappa shape index (κ1) is 22.4. The lowest BCUT2D eigenvalue weighted by molar-refractivity contribution is 0.0727. The second-order valence-electron chi connectivity index (χ2n) is 8.54. The summed E-state index contributed by atoms with van der Waals surface area (Å²) in [7, 11) is 1.63. The van der Waals surface area contributed by atoms with Crippen molar-refractivity contribution in [2.24, 2.45) is 0 Å². The van der Waals surface area contributed by atoms with Crippen LogP contribution in [0, 0.1) is 0 Å². The van der Waals surface area contributed by atoms with Crippen LogP contribution in [-0.4, -0.2) is 17.9 Å². The predicted molar refractivity (Wildman–Crippen MR) is 142 cm³/mol. The molecule has 0 aliphatic heterocycles. The van der Waals surface area contributed by atoms with Crippen molar-refractivity contribution in [1.29, 1.82) is 0 Å². The Balaban J connectivity index is 1.57. The second kappa shape index (κ2) is 10.3. The summed E-state index contributed by atoms with van der Waals surface area (Å²) < 4.78 is 5.83. The Hall–Kier alpha value is -4.37. The Bertz CT molecular complexity index is 1440. The molecule has 5 aromatic carbocycles. The molecule has 0 saturated heterocycles. The van der Waals surface area contributed by atoms with Gasteiger partial charge in [-0.15, -0.1) is 0 Å². The number of benzene rings is 5. The van der Waals surface area contributed by atoms with Gasteiger partial charge in [0.05, 0.1) is 12.7 Å². The molecule has 0 atom stereocenters. The first-order valence-corrected chi connectivity index (χ1v) is 11.8. The number of carbonyl (C=O) groups excluding carboxylic acids is 1. The van der Waals surface area contributed by atoms with Gasteiger partial charge in [-0.3, -0.25) is 4.79 Å². The number of nitrogens with zero attached hydrogens (tertiary/aromatic N) is 1. The fraction of sp³-hybridized carbons (Fsp3) is 0.0938. The van der Waals surface area contributed by atoms with Crippen LogP contribution in [0.25, 0.3) is 21.9 Å². The number of carbonyl (C=O) groups is 1. The largest absolute Gasteiger partial charge is 0.495 e. The minimum absolute atomic E-state index is 0.0589. The Morgan fingerprint density at radius 1 is 0.686 bits per heavy atom. The molecule has 3 heteroatoms. The quantitative estimate of drug-likeness (QED) is 0.256. The third-order valence-corrected chi connectivity index (χ3v) is 6.28. The van der Waals surface area contributed by atoms with E-state index in [4.69, 9.17) is 4.74 Å². The van der Waals surface area contributed by atoms with E-state index in [-0.39, 0.29) is 5.91 Å². The molecule has 35 heavy (non-hydrogen) atoms. The zero-order valence-electron chi connectivity index (χ0n) is 19.7. The Morgan fingerprint density at radius 3 is 2.11 bits per heavy atom. The molecule has 3 nitrogen and oxygen atoms in total. The highest BCUT2D eigenvalue weighted by atomic mass is 16.5.